The molecule has 3 aromatic heterocycles. The van der Waals surface area contributed by atoms with Crippen LogP contribution in [0, 0.1) is 28.5 Å². The number of benzene rings is 2. The molecule has 2 aromatic carbocycles. The van der Waals surface area contributed by atoms with E-state index in [0.29, 0.717) is 54.9 Å². The molecule has 5 aromatic rings. The van der Waals surface area contributed by atoms with Crippen molar-refractivity contribution >= 4 is 16.9 Å². The molecule has 5 heterocycles. The zero-order valence-electron chi connectivity index (χ0n) is 23.8. The van der Waals surface area contributed by atoms with Crippen molar-refractivity contribution < 1.29 is 9.18 Å². The first-order chi connectivity index (χ1) is 21.5. The van der Waals surface area contributed by atoms with Gasteiger partial charge in [-0.05, 0) is 48.7 Å². The second-order valence-corrected chi connectivity index (χ2v) is 11.5. The molecule has 7 rings (SSSR count). The number of aromatic nitrogens is 5. The number of amides is 1. The van der Waals surface area contributed by atoms with E-state index in [1.165, 1.54) is 12.4 Å². The maximum Gasteiger partial charge on any atom is 0.253 e. The lowest BCUT2D eigenvalue weighted by atomic mass is 9.83. The van der Waals surface area contributed by atoms with Gasteiger partial charge in [0.2, 0.25) is 0 Å². The summed E-state index contributed by atoms with van der Waals surface area (Å²) >= 11 is 0. The molecule has 0 unspecified atom stereocenters. The number of H-pyrrole nitrogens is 1. The summed E-state index contributed by atoms with van der Waals surface area (Å²) in [7, 11) is 0. The fourth-order valence-corrected chi connectivity index (χ4v) is 6.48. The van der Waals surface area contributed by atoms with Gasteiger partial charge in [-0.15, -0.1) is 0 Å². The predicted octanol–water partition coefficient (Wildman–Crippen LogP) is 4.73. The molecule has 0 atom stereocenters. The van der Waals surface area contributed by atoms with Gasteiger partial charge in [0.25, 0.3) is 5.91 Å². The summed E-state index contributed by atoms with van der Waals surface area (Å²) in [6.45, 7) is 2.56. The highest BCUT2D eigenvalue weighted by Crippen LogP contribution is 2.37. The van der Waals surface area contributed by atoms with Gasteiger partial charge in [0.1, 0.15) is 23.3 Å². The van der Waals surface area contributed by atoms with Crippen molar-refractivity contribution in [1.82, 2.24) is 34.5 Å². The molecular weight excluding hydrogens is 557 g/mol. The minimum absolute atomic E-state index is 0.179. The molecule has 0 saturated carbocycles. The summed E-state index contributed by atoms with van der Waals surface area (Å²) in [6.07, 6.45) is 9.07. The molecule has 2 fully saturated rings. The Balaban J connectivity index is 0.987. The van der Waals surface area contributed by atoms with E-state index >= 15 is 4.39 Å². The molecule has 2 aliphatic heterocycles. The van der Waals surface area contributed by atoms with E-state index in [2.05, 4.69) is 37.1 Å². The summed E-state index contributed by atoms with van der Waals surface area (Å²) in [4.78, 5) is 29.3. The summed E-state index contributed by atoms with van der Waals surface area (Å²) < 4.78 is 16.9. The van der Waals surface area contributed by atoms with Crippen molar-refractivity contribution in [3.05, 3.63) is 90.4 Å². The smallest absolute Gasteiger partial charge is 0.253 e. The summed E-state index contributed by atoms with van der Waals surface area (Å²) in [5, 5.41) is 24.2. The van der Waals surface area contributed by atoms with Crippen LogP contribution in [0.15, 0.2) is 73.4 Å². The molecule has 11 heteroatoms. The molecule has 1 amide bonds. The van der Waals surface area contributed by atoms with E-state index in [-0.39, 0.29) is 11.9 Å². The zero-order valence-corrected chi connectivity index (χ0v) is 23.8. The van der Waals surface area contributed by atoms with Gasteiger partial charge in [-0.2, -0.15) is 15.6 Å². The van der Waals surface area contributed by atoms with Crippen molar-refractivity contribution in [3.8, 4) is 34.5 Å². The number of nitriles is 2. The van der Waals surface area contributed by atoms with Gasteiger partial charge in [-0.25, -0.2) is 14.4 Å². The molecule has 0 spiro atoms. The Labute approximate surface area is 253 Å². The van der Waals surface area contributed by atoms with E-state index in [0.717, 1.165) is 35.1 Å². The lowest BCUT2D eigenvalue weighted by molar-refractivity contribution is -0.0412. The van der Waals surface area contributed by atoms with E-state index in [9.17, 15) is 10.1 Å². The molecule has 218 valence electrons. The molecule has 10 nitrogen and oxygen atoms in total. The van der Waals surface area contributed by atoms with Crippen LogP contribution in [0.3, 0.4) is 0 Å². The van der Waals surface area contributed by atoms with Gasteiger partial charge < -0.3 is 9.88 Å². The lowest BCUT2D eigenvalue weighted by Gasteiger charge is -2.53. The Kier molecular flexibility index (Phi) is 6.88. The molecule has 2 aliphatic rings. The van der Waals surface area contributed by atoms with Crippen molar-refractivity contribution in [2.24, 2.45) is 0 Å². The highest BCUT2D eigenvalue weighted by atomic mass is 19.1. The van der Waals surface area contributed by atoms with Crippen LogP contribution in [0.25, 0.3) is 33.4 Å². The van der Waals surface area contributed by atoms with Crippen LogP contribution in [0.5, 0.6) is 0 Å². The number of carbonyl (C=O) groups is 1. The van der Waals surface area contributed by atoms with Gasteiger partial charge in [-0.3, -0.25) is 14.4 Å². The first-order valence-electron chi connectivity index (χ1n) is 14.5. The van der Waals surface area contributed by atoms with Crippen LogP contribution in [0.2, 0.25) is 0 Å². The first-order valence-corrected chi connectivity index (χ1v) is 14.5. The number of hydrogen-bond acceptors (Lipinski definition) is 7. The van der Waals surface area contributed by atoms with Gasteiger partial charge >= 0.3 is 0 Å². The Hall–Kier alpha value is -5.39. The summed E-state index contributed by atoms with van der Waals surface area (Å²) in [6, 6.07) is 17.9. The topological polar surface area (TPSA) is 131 Å². The number of nitrogens with zero attached hydrogens (tertiary/aromatic N) is 8. The van der Waals surface area contributed by atoms with E-state index in [1.54, 1.807) is 47.5 Å². The molecule has 1 N–H and O–H groups in total. The number of hydrogen-bond donors (Lipinski definition) is 1. The van der Waals surface area contributed by atoms with Crippen LogP contribution >= 0.6 is 0 Å². The maximum absolute atomic E-state index is 15.0. The zero-order chi connectivity index (χ0) is 30.3. The van der Waals surface area contributed by atoms with E-state index in [4.69, 9.17) is 5.26 Å². The van der Waals surface area contributed by atoms with Crippen molar-refractivity contribution in [3.63, 3.8) is 0 Å². The third-order valence-electron chi connectivity index (χ3n) is 8.91. The third kappa shape index (κ3) is 4.77. The number of nitrogens with one attached hydrogen (secondary N) is 1. The molecule has 0 radical (unpaired) electrons. The summed E-state index contributed by atoms with van der Waals surface area (Å²) in [5.74, 6) is -0.648. The van der Waals surface area contributed by atoms with E-state index < -0.39 is 11.4 Å². The maximum atomic E-state index is 15.0. The van der Waals surface area contributed by atoms with Crippen molar-refractivity contribution in [2.75, 3.05) is 26.2 Å². The van der Waals surface area contributed by atoms with Crippen LogP contribution in [0.1, 0.15) is 35.2 Å². The molecular formula is C33H28FN9O. The van der Waals surface area contributed by atoms with E-state index in [1.807, 2.05) is 23.1 Å². The highest BCUT2D eigenvalue weighted by molar-refractivity contribution is 5.95. The predicted molar refractivity (Wildman–Crippen MR) is 160 cm³/mol. The monoisotopic (exact) mass is 585 g/mol. The van der Waals surface area contributed by atoms with Crippen molar-refractivity contribution in [1.29, 1.82) is 10.5 Å². The number of piperidine rings is 1. The number of aromatic amines is 1. The standard InChI is InChI=1S/C33H28FN9O/c34-29-15-24(5-6-27(29)23-3-1-22(16-36)2-4-23)32(44)41-13-8-26(9-14-41)42-19-33(20-42,10-11-35)43-18-25(17-40-43)30-28-7-12-37-31(28)39-21-38-30/h1-7,12,15,17-18,21,26H,8-10,13-14,19-20H2,(H,37,38,39). The fourth-order valence-electron chi connectivity index (χ4n) is 6.48. The Morgan fingerprint density at radius 1 is 1.05 bits per heavy atom. The number of halogens is 1. The summed E-state index contributed by atoms with van der Waals surface area (Å²) in [5.41, 5.74) is 3.89. The van der Waals surface area contributed by atoms with Crippen LogP contribution in [-0.2, 0) is 5.54 Å². The largest absolute Gasteiger partial charge is 0.346 e. The average molecular weight is 586 g/mol. The second kappa shape index (κ2) is 11.0. The molecule has 2 saturated heterocycles. The number of rotatable bonds is 6. The lowest BCUT2D eigenvalue weighted by Crippen LogP contribution is -2.66. The highest BCUT2D eigenvalue weighted by Gasteiger charge is 2.48. The number of carbonyl (C=O) groups excluding carboxylic acids is 1. The third-order valence-corrected chi connectivity index (χ3v) is 8.91. The molecule has 44 heavy (non-hydrogen) atoms. The molecule has 0 bridgehead atoms. The Bertz CT molecular complexity index is 1930. The van der Waals surface area contributed by atoms with Gasteiger partial charge in [0, 0.05) is 66.7 Å². The van der Waals surface area contributed by atoms with Gasteiger partial charge in [-0.1, -0.05) is 18.2 Å². The fraction of sp³-hybridized carbons (Fsp3) is 0.273. The normalized spacial score (nSPS) is 16.8. The minimum atomic E-state index is -0.469. The first kappa shape index (κ1) is 27.4. The van der Waals surface area contributed by atoms with Gasteiger partial charge in [0.15, 0.2) is 0 Å². The number of fused-ring (bicyclic) bond motifs is 1. The van der Waals surface area contributed by atoms with Crippen LogP contribution < -0.4 is 0 Å². The molecule has 0 aliphatic carbocycles. The second-order valence-electron chi connectivity index (χ2n) is 11.5. The minimum Gasteiger partial charge on any atom is -0.346 e. The quantitative estimate of drug-likeness (QED) is 0.305. The average Bonchev–Trinajstić information content (AvgIpc) is 3.73. The van der Waals surface area contributed by atoms with Crippen molar-refractivity contribution in [2.45, 2.75) is 30.8 Å². The Morgan fingerprint density at radius 3 is 2.57 bits per heavy atom. The van der Waals surface area contributed by atoms with Crippen LogP contribution in [-0.4, -0.2) is 72.7 Å². The number of likely N-dealkylation sites (tertiary alicyclic amines) is 2. The Morgan fingerprint density at radius 2 is 1.84 bits per heavy atom. The SMILES string of the molecule is N#CCC1(n2cc(-c3ncnc4[nH]ccc34)cn2)CN(C2CCN(C(=O)c3ccc(-c4ccc(C#N)cc4)c(F)c3)CC2)C1. The van der Waals surface area contributed by atoms with Gasteiger partial charge in [0.05, 0.1) is 36.0 Å². The van der Waals surface area contributed by atoms with Crippen LogP contribution in [0.4, 0.5) is 4.39 Å².